The van der Waals surface area contributed by atoms with Crippen LogP contribution in [0.1, 0.15) is 0 Å². The van der Waals surface area contributed by atoms with Crippen LogP contribution >= 0.6 is 0 Å². The van der Waals surface area contributed by atoms with Gasteiger partial charge in [-0.3, -0.25) is 0 Å². The van der Waals surface area contributed by atoms with E-state index in [1.165, 1.54) is 25.5 Å². The van der Waals surface area contributed by atoms with Crippen LogP contribution in [-0.4, -0.2) is 49.5 Å². The molecule has 0 fully saturated rings. The van der Waals surface area contributed by atoms with Gasteiger partial charge in [-0.1, -0.05) is 0 Å². The summed E-state index contributed by atoms with van der Waals surface area (Å²) in [7, 11) is 6.50. The standard InChI is InChI=1S/C19H22FN5O3S/c1-21-29(26)17-9-13(15(25(2)3)8-12(17)20)24-19-18-14(22-10-23-19)6-11(27-4)7-16(18)28-5/h6-10,21H,1-5H3,(H,22,23,24). The summed E-state index contributed by atoms with van der Waals surface area (Å²) < 4.78 is 40.0. The van der Waals surface area contributed by atoms with Crippen LogP contribution in [0.5, 0.6) is 11.5 Å². The summed E-state index contributed by atoms with van der Waals surface area (Å²) in [5.41, 5.74) is 1.72. The normalized spacial score (nSPS) is 11.9. The van der Waals surface area contributed by atoms with Crippen LogP contribution in [0.2, 0.25) is 0 Å². The van der Waals surface area contributed by atoms with Crippen LogP contribution in [0, 0.1) is 5.82 Å². The molecule has 0 saturated carbocycles. The highest BCUT2D eigenvalue weighted by molar-refractivity contribution is 7.83. The zero-order valence-corrected chi connectivity index (χ0v) is 17.6. The van der Waals surface area contributed by atoms with Gasteiger partial charge in [0.15, 0.2) is 0 Å². The van der Waals surface area contributed by atoms with Crippen LogP contribution in [-0.2, 0) is 11.0 Å². The molecule has 1 atom stereocenters. The first-order valence-electron chi connectivity index (χ1n) is 8.63. The molecule has 154 valence electrons. The molecule has 1 heterocycles. The van der Waals surface area contributed by atoms with E-state index in [4.69, 9.17) is 9.47 Å². The third-order valence-electron chi connectivity index (χ3n) is 4.30. The quantitative estimate of drug-likeness (QED) is 0.609. The molecule has 29 heavy (non-hydrogen) atoms. The lowest BCUT2D eigenvalue weighted by Gasteiger charge is -2.20. The molecule has 0 aliphatic rings. The van der Waals surface area contributed by atoms with E-state index in [9.17, 15) is 8.60 Å². The summed E-state index contributed by atoms with van der Waals surface area (Å²) in [5, 5.41) is 3.85. The molecule has 1 unspecified atom stereocenters. The van der Waals surface area contributed by atoms with E-state index >= 15 is 0 Å². The van der Waals surface area contributed by atoms with E-state index < -0.39 is 16.8 Å². The first-order valence-corrected chi connectivity index (χ1v) is 9.78. The van der Waals surface area contributed by atoms with Crippen molar-refractivity contribution in [2.75, 3.05) is 45.6 Å². The molecule has 8 nitrogen and oxygen atoms in total. The molecule has 3 rings (SSSR count). The van der Waals surface area contributed by atoms with Crippen molar-refractivity contribution in [3.8, 4) is 11.5 Å². The number of nitrogens with one attached hydrogen (secondary N) is 2. The molecule has 0 spiro atoms. The van der Waals surface area contributed by atoms with Crippen molar-refractivity contribution in [1.29, 1.82) is 0 Å². The van der Waals surface area contributed by atoms with Gasteiger partial charge in [0.05, 0.1) is 41.4 Å². The maximum Gasteiger partial charge on any atom is 0.145 e. The Morgan fingerprint density at radius 2 is 1.86 bits per heavy atom. The number of ether oxygens (including phenoxy) is 2. The van der Waals surface area contributed by atoms with E-state index in [0.717, 1.165) is 0 Å². The number of hydrogen-bond acceptors (Lipinski definition) is 7. The Morgan fingerprint density at radius 1 is 1.10 bits per heavy atom. The van der Waals surface area contributed by atoms with Gasteiger partial charge < -0.3 is 19.7 Å². The van der Waals surface area contributed by atoms with Gasteiger partial charge in [0.2, 0.25) is 0 Å². The van der Waals surface area contributed by atoms with Gasteiger partial charge in [0.25, 0.3) is 0 Å². The van der Waals surface area contributed by atoms with Crippen LogP contribution in [0.25, 0.3) is 10.9 Å². The van der Waals surface area contributed by atoms with Crippen LogP contribution in [0.4, 0.5) is 21.6 Å². The molecule has 2 N–H and O–H groups in total. The topological polar surface area (TPSA) is 88.6 Å². The number of halogens is 1. The van der Waals surface area contributed by atoms with Gasteiger partial charge >= 0.3 is 0 Å². The molecule has 0 aliphatic heterocycles. The molecule has 0 amide bonds. The first kappa shape index (κ1) is 20.7. The van der Waals surface area contributed by atoms with Gasteiger partial charge in [-0.15, -0.1) is 0 Å². The molecular weight excluding hydrogens is 397 g/mol. The Bertz CT molecular complexity index is 1080. The Morgan fingerprint density at radius 3 is 2.48 bits per heavy atom. The molecule has 0 saturated heterocycles. The number of nitrogens with zero attached hydrogens (tertiary/aromatic N) is 3. The Kier molecular flexibility index (Phi) is 6.14. The highest BCUT2D eigenvalue weighted by atomic mass is 32.2. The predicted molar refractivity (Wildman–Crippen MR) is 112 cm³/mol. The van der Waals surface area contributed by atoms with Crippen molar-refractivity contribution in [1.82, 2.24) is 14.7 Å². The average molecular weight is 419 g/mol. The third-order valence-corrected chi connectivity index (χ3v) is 5.38. The van der Waals surface area contributed by atoms with Crippen LogP contribution in [0.3, 0.4) is 0 Å². The minimum atomic E-state index is -1.69. The van der Waals surface area contributed by atoms with Gasteiger partial charge in [-0.25, -0.2) is 23.3 Å². The lowest BCUT2D eigenvalue weighted by atomic mass is 10.2. The minimum Gasteiger partial charge on any atom is -0.497 e. The van der Waals surface area contributed by atoms with Crippen molar-refractivity contribution < 1.29 is 18.1 Å². The average Bonchev–Trinajstić information content (AvgIpc) is 2.73. The molecule has 10 heteroatoms. The highest BCUT2D eigenvalue weighted by Gasteiger charge is 2.18. The van der Waals surface area contributed by atoms with E-state index in [2.05, 4.69) is 20.0 Å². The predicted octanol–water partition coefficient (Wildman–Crippen LogP) is 2.84. The largest absolute Gasteiger partial charge is 0.497 e. The third kappa shape index (κ3) is 4.08. The van der Waals surface area contributed by atoms with Crippen LogP contribution in [0.15, 0.2) is 35.5 Å². The Balaban J connectivity index is 2.19. The first-order chi connectivity index (χ1) is 13.9. The number of hydrogen-bond donors (Lipinski definition) is 2. The zero-order chi connectivity index (χ0) is 21.1. The summed E-state index contributed by atoms with van der Waals surface area (Å²) >= 11 is 0. The van der Waals surface area contributed by atoms with E-state index in [-0.39, 0.29) is 4.90 Å². The Labute approximate surface area is 170 Å². The Hall–Kier alpha value is -2.98. The van der Waals surface area contributed by atoms with Gasteiger partial charge in [0, 0.05) is 32.3 Å². The number of rotatable bonds is 7. The maximum atomic E-state index is 14.5. The second kappa shape index (κ2) is 8.58. The summed E-state index contributed by atoms with van der Waals surface area (Å²) in [5.74, 6) is 1.02. The van der Waals surface area contributed by atoms with E-state index in [1.54, 1.807) is 45.3 Å². The lowest BCUT2D eigenvalue weighted by molar-refractivity contribution is 0.398. The van der Waals surface area contributed by atoms with Crippen molar-refractivity contribution in [2.24, 2.45) is 0 Å². The number of anilines is 3. The molecular formula is C19H22FN5O3S. The number of fused-ring (bicyclic) bond motifs is 1. The molecule has 0 aliphatic carbocycles. The maximum absolute atomic E-state index is 14.5. The van der Waals surface area contributed by atoms with Crippen molar-refractivity contribution in [2.45, 2.75) is 4.90 Å². The molecule has 0 radical (unpaired) electrons. The highest BCUT2D eigenvalue weighted by Crippen LogP contribution is 2.37. The lowest BCUT2D eigenvalue weighted by Crippen LogP contribution is -2.16. The smallest absolute Gasteiger partial charge is 0.145 e. The summed E-state index contributed by atoms with van der Waals surface area (Å²) in [6, 6.07) is 6.33. The molecule has 3 aromatic rings. The molecule has 2 aromatic carbocycles. The number of methoxy groups -OCH3 is 2. The zero-order valence-electron chi connectivity index (χ0n) is 16.7. The second-order valence-corrected chi connectivity index (χ2v) is 7.62. The number of benzene rings is 2. The van der Waals surface area contributed by atoms with E-state index in [1.807, 2.05) is 0 Å². The fraction of sp³-hybridized carbons (Fsp3) is 0.263. The fourth-order valence-corrected chi connectivity index (χ4v) is 3.58. The van der Waals surface area contributed by atoms with Gasteiger partial charge in [-0.2, -0.15) is 0 Å². The molecule has 1 aromatic heterocycles. The van der Waals surface area contributed by atoms with Crippen LogP contribution < -0.4 is 24.4 Å². The van der Waals surface area contributed by atoms with Gasteiger partial charge in [0.1, 0.15) is 40.4 Å². The monoisotopic (exact) mass is 419 g/mol. The SMILES string of the molecule is CNS(=O)c1cc(Nc2ncnc3cc(OC)cc(OC)c23)c(N(C)C)cc1F. The summed E-state index contributed by atoms with van der Waals surface area (Å²) in [4.78, 5) is 10.4. The second-order valence-electron chi connectivity index (χ2n) is 6.24. The van der Waals surface area contributed by atoms with Crippen molar-refractivity contribution >= 4 is 39.1 Å². The number of aromatic nitrogens is 2. The van der Waals surface area contributed by atoms with E-state index in [0.29, 0.717) is 39.6 Å². The fourth-order valence-electron chi connectivity index (χ4n) is 2.90. The summed E-state index contributed by atoms with van der Waals surface area (Å²) in [6.07, 6.45) is 1.41. The molecule has 0 bridgehead atoms. The van der Waals surface area contributed by atoms with Crippen molar-refractivity contribution in [3.05, 3.63) is 36.4 Å². The minimum absolute atomic E-state index is 0.0348. The van der Waals surface area contributed by atoms with Gasteiger partial charge in [-0.05, 0) is 13.1 Å². The van der Waals surface area contributed by atoms with Crippen molar-refractivity contribution in [3.63, 3.8) is 0 Å². The summed E-state index contributed by atoms with van der Waals surface area (Å²) in [6.45, 7) is 0.